The molecule has 2 fully saturated rings. The summed E-state index contributed by atoms with van der Waals surface area (Å²) in [5.41, 5.74) is 0.601. The summed E-state index contributed by atoms with van der Waals surface area (Å²) in [6, 6.07) is 8.78. The normalized spacial score (nSPS) is 25.5. The van der Waals surface area contributed by atoms with E-state index < -0.39 is 0 Å². The van der Waals surface area contributed by atoms with Crippen LogP contribution in [0.15, 0.2) is 24.3 Å². The van der Waals surface area contributed by atoms with Crippen LogP contribution in [0.25, 0.3) is 0 Å². The van der Waals surface area contributed by atoms with E-state index in [4.69, 9.17) is 9.47 Å². The van der Waals surface area contributed by atoms with Crippen molar-refractivity contribution in [3.8, 4) is 5.75 Å². The molecule has 0 spiro atoms. The third kappa shape index (κ3) is 4.59. The van der Waals surface area contributed by atoms with Crippen LogP contribution in [0.4, 0.5) is 0 Å². The molecule has 2 atom stereocenters. The van der Waals surface area contributed by atoms with Crippen molar-refractivity contribution in [3.05, 3.63) is 29.8 Å². The highest BCUT2D eigenvalue weighted by atomic mass is 35.5. The maximum Gasteiger partial charge on any atom is 0.255 e. The second-order valence-electron chi connectivity index (χ2n) is 6.12. The smallest absolute Gasteiger partial charge is 0.255 e. The minimum absolute atomic E-state index is 0. The van der Waals surface area contributed by atoms with Crippen molar-refractivity contribution in [1.29, 1.82) is 0 Å². The van der Waals surface area contributed by atoms with E-state index in [9.17, 15) is 4.79 Å². The summed E-state index contributed by atoms with van der Waals surface area (Å²) < 4.78 is 10.6. The number of hydrogen-bond donors (Lipinski definition) is 2. The first-order chi connectivity index (χ1) is 10.8. The van der Waals surface area contributed by atoms with Crippen LogP contribution in [0, 0.1) is 0 Å². The van der Waals surface area contributed by atoms with E-state index in [0.717, 1.165) is 12.8 Å². The largest absolute Gasteiger partial charge is 0.490 e. The van der Waals surface area contributed by atoms with Gasteiger partial charge in [-0.2, -0.15) is 0 Å². The lowest BCUT2D eigenvalue weighted by Gasteiger charge is -2.29. The number of fused-ring (bicyclic) bond motifs is 2. The quantitative estimate of drug-likeness (QED) is 0.779. The Morgan fingerprint density at radius 2 is 1.91 bits per heavy atom. The summed E-state index contributed by atoms with van der Waals surface area (Å²) in [4.78, 5) is 12.6. The fourth-order valence-electron chi connectivity index (χ4n) is 3.45. The number of rotatable bonds is 6. The van der Waals surface area contributed by atoms with Crippen molar-refractivity contribution >= 4 is 18.3 Å². The highest BCUT2D eigenvalue weighted by Crippen LogP contribution is 2.27. The molecule has 2 heterocycles. The summed E-state index contributed by atoms with van der Waals surface area (Å²) in [5, 5.41) is 6.77. The van der Waals surface area contributed by atoms with Gasteiger partial charge in [0, 0.05) is 25.2 Å². The van der Waals surface area contributed by atoms with Gasteiger partial charge in [0.1, 0.15) is 12.4 Å². The fraction of sp³-hybridized carbons (Fsp3) is 0.588. The van der Waals surface area contributed by atoms with Gasteiger partial charge in [-0.05, 0) is 37.8 Å². The molecule has 0 aromatic heterocycles. The zero-order valence-corrected chi connectivity index (χ0v) is 14.2. The zero-order chi connectivity index (χ0) is 15.4. The molecule has 128 valence electrons. The zero-order valence-electron chi connectivity index (χ0n) is 13.4. The maximum atomic E-state index is 12.6. The second kappa shape index (κ2) is 8.52. The van der Waals surface area contributed by atoms with Crippen LogP contribution in [-0.4, -0.2) is 44.4 Å². The molecule has 2 saturated heterocycles. The highest BCUT2D eigenvalue weighted by molar-refractivity contribution is 5.97. The van der Waals surface area contributed by atoms with Gasteiger partial charge in [-0.3, -0.25) is 4.79 Å². The van der Waals surface area contributed by atoms with Gasteiger partial charge in [-0.1, -0.05) is 12.1 Å². The molecule has 1 amide bonds. The van der Waals surface area contributed by atoms with E-state index >= 15 is 0 Å². The van der Waals surface area contributed by atoms with E-state index in [1.807, 2.05) is 24.3 Å². The lowest BCUT2D eigenvalue weighted by Crippen LogP contribution is -2.48. The Balaban J connectivity index is 0.00000192. The van der Waals surface area contributed by atoms with Crippen LogP contribution in [0.5, 0.6) is 5.75 Å². The van der Waals surface area contributed by atoms with Crippen molar-refractivity contribution in [3.63, 3.8) is 0 Å². The maximum absolute atomic E-state index is 12.6. The number of benzene rings is 1. The molecule has 0 aliphatic carbocycles. The number of amides is 1. The molecule has 0 saturated carbocycles. The molecule has 23 heavy (non-hydrogen) atoms. The number of hydrogen-bond acceptors (Lipinski definition) is 4. The summed E-state index contributed by atoms with van der Waals surface area (Å²) >= 11 is 0. The predicted octanol–water partition coefficient (Wildman–Crippen LogP) is 2.15. The Labute approximate surface area is 143 Å². The molecule has 2 aliphatic rings. The van der Waals surface area contributed by atoms with Gasteiger partial charge >= 0.3 is 0 Å². The first-order valence-corrected chi connectivity index (χ1v) is 8.04. The van der Waals surface area contributed by atoms with Gasteiger partial charge in [0.2, 0.25) is 0 Å². The molecular weight excluding hydrogens is 316 g/mol. The topological polar surface area (TPSA) is 59.6 Å². The van der Waals surface area contributed by atoms with Gasteiger partial charge in [-0.25, -0.2) is 0 Å². The number of halogens is 1. The Kier molecular flexibility index (Phi) is 6.69. The predicted molar refractivity (Wildman–Crippen MR) is 91.5 cm³/mol. The first kappa shape index (κ1) is 18.0. The van der Waals surface area contributed by atoms with Gasteiger partial charge in [-0.15, -0.1) is 12.4 Å². The van der Waals surface area contributed by atoms with E-state index in [1.165, 1.54) is 12.8 Å². The minimum atomic E-state index is -0.0423. The number of para-hydroxylation sites is 1. The molecule has 0 radical (unpaired) electrons. The lowest BCUT2D eigenvalue weighted by molar-refractivity contribution is 0.0916. The van der Waals surface area contributed by atoms with Crippen LogP contribution in [0.1, 0.15) is 36.0 Å². The van der Waals surface area contributed by atoms with Crippen molar-refractivity contribution in [2.24, 2.45) is 0 Å². The second-order valence-corrected chi connectivity index (χ2v) is 6.12. The van der Waals surface area contributed by atoms with Crippen LogP contribution in [0.2, 0.25) is 0 Å². The summed E-state index contributed by atoms with van der Waals surface area (Å²) in [7, 11) is 1.63. The number of carbonyl (C=O) groups is 1. The van der Waals surface area contributed by atoms with Crippen LogP contribution in [-0.2, 0) is 4.74 Å². The average molecular weight is 341 g/mol. The molecule has 2 unspecified atom stereocenters. The monoisotopic (exact) mass is 340 g/mol. The van der Waals surface area contributed by atoms with Crippen LogP contribution < -0.4 is 15.4 Å². The molecule has 2 aliphatic heterocycles. The molecule has 2 bridgehead atoms. The Morgan fingerprint density at radius 1 is 1.22 bits per heavy atom. The number of methoxy groups -OCH3 is 1. The van der Waals surface area contributed by atoms with Crippen molar-refractivity contribution < 1.29 is 14.3 Å². The highest BCUT2D eigenvalue weighted by Gasteiger charge is 2.34. The molecule has 6 heteroatoms. The SMILES string of the molecule is COCCOc1ccccc1C(=O)NC1CC2CCC(C1)N2.Cl. The lowest BCUT2D eigenvalue weighted by atomic mass is 9.99. The van der Waals surface area contributed by atoms with Gasteiger partial charge in [0.05, 0.1) is 12.2 Å². The van der Waals surface area contributed by atoms with Gasteiger partial charge in [0.15, 0.2) is 0 Å². The first-order valence-electron chi connectivity index (χ1n) is 8.04. The minimum Gasteiger partial charge on any atom is -0.490 e. The Bertz CT molecular complexity index is 514. The molecule has 2 N–H and O–H groups in total. The van der Waals surface area contributed by atoms with E-state index in [2.05, 4.69) is 10.6 Å². The van der Waals surface area contributed by atoms with Gasteiger partial charge in [0.25, 0.3) is 5.91 Å². The number of nitrogens with one attached hydrogen (secondary N) is 2. The number of carbonyl (C=O) groups excluding carboxylic acids is 1. The van der Waals surface area contributed by atoms with Crippen molar-refractivity contribution in [2.75, 3.05) is 20.3 Å². The molecular formula is C17H25ClN2O3. The van der Waals surface area contributed by atoms with E-state index in [1.54, 1.807) is 7.11 Å². The van der Waals surface area contributed by atoms with E-state index in [-0.39, 0.29) is 24.4 Å². The summed E-state index contributed by atoms with van der Waals surface area (Å²) in [5.74, 6) is 0.577. The average Bonchev–Trinajstić information content (AvgIpc) is 2.87. The standard InChI is InChI=1S/C17H24N2O3.ClH/c1-21-8-9-22-16-5-3-2-4-15(16)17(20)19-14-10-12-6-7-13(11-14)18-12;/h2-5,12-14,18H,6-11H2,1H3,(H,19,20);1H. The van der Waals surface area contributed by atoms with Crippen molar-refractivity contribution in [1.82, 2.24) is 10.6 Å². The fourth-order valence-corrected chi connectivity index (χ4v) is 3.45. The third-order valence-electron chi connectivity index (χ3n) is 4.48. The number of ether oxygens (including phenoxy) is 2. The summed E-state index contributed by atoms with van der Waals surface area (Å²) in [6.07, 6.45) is 4.51. The number of piperidine rings is 1. The van der Waals surface area contributed by atoms with E-state index in [0.29, 0.717) is 36.6 Å². The Morgan fingerprint density at radius 3 is 2.61 bits per heavy atom. The molecule has 1 aromatic rings. The van der Waals surface area contributed by atoms with Crippen LogP contribution in [0.3, 0.4) is 0 Å². The van der Waals surface area contributed by atoms with Crippen molar-refractivity contribution in [2.45, 2.75) is 43.8 Å². The summed E-state index contributed by atoms with van der Waals surface area (Å²) in [6.45, 7) is 0.950. The molecule has 1 aromatic carbocycles. The third-order valence-corrected chi connectivity index (χ3v) is 4.48. The Hall–Kier alpha value is -1.30. The van der Waals surface area contributed by atoms with Crippen LogP contribution >= 0.6 is 12.4 Å². The molecule has 5 nitrogen and oxygen atoms in total. The molecule has 3 rings (SSSR count). The van der Waals surface area contributed by atoms with Gasteiger partial charge < -0.3 is 20.1 Å².